The lowest BCUT2D eigenvalue weighted by Crippen LogP contribution is -2.00. The van der Waals surface area contributed by atoms with Crippen LogP contribution in [0.5, 0.6) is 0 Å². The molecule has 0 aliphatic heterocycles. The summed E-state index contributed by atoms with van der Waals surface area (Å²) in [5.41, 5.74) is 0.819. The van der Waals surface area contributed by atoms with Gasteiger partial charge in [0, 0.05) is 12.2 Å². The monoisotopic (exact) mass is 190 g/mol. The minimum absolute atomic E-state index is 0.349. The number of carbonyl (C=O) groups excluding carboxylic acids is 1. The minimum Gasteiger partial charge on any atom is -0.463 e. The van der Waals surface area contributed by atoms with E-state index in [2.05, 4.69) is 4.74 Å². The van der Waals surface area contributed by atoms with Gasteiger partial charge in [0.15, 0.2) is 0 Å². The molecule has 0 fully saturated rings. The van der Waals surface area contributed by atoms with Gasteiger partial charge in [0.2, 0.25) is 0 Å². The highest BCUT2D eigenvalue weighted by Gasteiger charge is 1.99. The predicted octanol–water partition coefficient (Wildman–Crippen LogP) is 1.69. The molecule has 0 radical (unpaired) electrons. The molecule has 70 valence electrons. The van der Waals surface area contributed by atoms with E-state index in [1.165, 1.54) is 6.08 Å². The molecule has 1 atom stereocenters. The Kier molecular flexibility index (Phi) is 5.73. The zero-order valence-electron chi connectivity index (χ0n) is 7.72. The van der Waals surface area contributed by atoms with Crippen LogP contribution < -0.4 is 0 Å². The molecule has 0 N–H and O–H groups in total. The molecule has 0 aromatic rings. The lowest BCUT2D eigenvalue weighted by molar-refractivity contribution is -0.137. The van der Waals surface area contributed by atoms with Gasteiger partial charge in [-0.25, -0.2) is 4.79 Å². The normalized spacial score (nSPS) is 14.1. The summed E-state index contributed by atoms with van der Waals surface area (Å²) in [4.78, 5) is 10.8. The van der Waals surface area contributed by atoms with Crippen molar-refractivity contribution in [2.45, 2.75) is 13.8 Å². The number of allylic oxidation sites excluding steroid dienone is 1. The summed E-state index contributed by atoms with van der Waals surface area (Å²) >= 11 is 0. The van der Waals surface area contributed by atoms with E-state index in [0.717, 1.165) is 5.57 Å². The highest BCUT2D eigenvalue weighted by atomic mass is 31.1. The fourth-order valence-electron chi connectivity index (χ4n) is 0.829. The first-order valence-corrected chi connectivity index (χ1v) is 6.01. The van der Waals surface area contributed by atoms with Crippen molar-refractivity contribution in [1.29, 1.82) is 0 Å². The molecule has 0 saturated carbocycles. The van der Waals surface area contributed by atoms with Crippen LogP contribution in [0.3, 0.4) is 0 Å². The lowest BCUT2D eigenvalue weighted by Gasteiger charge is -1.98. The van der Waals surface area contributed by atoms with Gasteiger partial charge in [-0.3, -0.25) is 0 Å². The number of esters is 1. The average molecular weight is 190 g/mol. The third-order valence-electron chi connectivity index (χ3n) is 1.18. The topological polar surface area (TPSA) is 43.4 Å². The van der Waals surface area contributed by atoms with E-state index >= 15 is 0 Å². The zero-order valence-corrected chi connectivity index (χ0v) is 8.72. The lowest BCUT2D eigenvalue weighted by atomic mass is 10.3. The van der Waals surface area contributed by atoms with Crippen LogP contribution in [-0.2, 0) is 14.1 Å². The van der Waals surface area contributed by atoms with E-state index in [9.17, 15) is 9.36 Å². The molecule has 3 nitrogen and oxygen atoms in total. The summed E-state index contributed by atoms with van der Waals surface area (Å²) in [5, 5.41) is 0. The summed E-state index contributed by atoms with van der Waals surface area (Å²) in [5.74, 6) is -0.349. The summed E-state index contributed by atoms with van der Waals surface area (Å²) in [6, 6.07) is 0. The van der Waals surface area contributed by atoms with E-state index in [0.29, 0.717) is 12.8 Å². The van der Waals surface area contributed by atoms with E-state index in [1.807, 2.05) is 0 Å². The molecule has 0 aromatic heterocycles. The molecule has 0 rings (SSSR count). The maximum Gasteiger partial charge on any atom is 0.330 e. The first-order chi connectivity index (χ1) is 5.56. The van der Waals surface area contributed by atoms with E-state index in [4.69, 9.17) is 0 Å². The SMILES string of the molecule is CCOC(=O)/C=C(\C)C[PH](C)=O. The average Bonchev–Trinajstić information content (AvgIpc) is 1.84. The van der Waals surface area contributed by atoms with Crippen molar-refractivity contribution in [3.05, 3.63) is 11.6 Å². The maximum atomic E-state index is 10.8. The van der Waals surface area contributed by atoms with Gasteiger partial charge in [0.25, 0.3) is 0 Å². The smallest absolute Gasteiger partial charge is 0.330 e. The van der Waals surface area contributed by atoms with E-state index < -0.39 is 7.80 Å². The van der Waals surface area contributed by atoms with Crippen LogP contribution in [0.25, 0.3) is 0 Å². The van der Waals surface area contributed by atoms with Crippen molar-refractivity contribution >= 4 is 13.8 Å². The number of rotatable bonds is 4. The second-order valence-electron chi connectivity index (χ2n) is 2.62. The van der Waals surface area contributed by atoms with Gasteiger partial charge in [-0.05, 0) is 20.5 Å². The molecular weight excluding hydrogens is 175 g/mol. The quantitative estimate of drug-likeness (QED) is 0.385. The zero-order chi connectivity index (χ0) is 9.56. The Morgan fingerprint density at radius 2 is 2.17 bits per heavy atom. The van der Waals surface area contributed by atoms with E-state index in [-0.39, 0.29) is 5.97 Å². The van der Waals surface area contributed by atoms with Gasteiger partial charge < -0.3 is 9.30 Å². The highest BCUT2D eigenvalue weighted by molar-refractivity contribution is 7.44. The Hall–Kier alpha value is -0.560. The molecule has 4 heteroatoms. The van der Waals surface area contributed by atoms with Crippen LogP contribution >= 0.6 is 7.80 Å². The van der Waals surface area contributed by atoms with Crippen LogP contribution in [0.15, 0.2) is 11.6 Å². The summed E-state index contributed by atoms with van der Waals surface area (Å²) in [7, 11) is -1.52. The Morgan fingerprint density at radius 1 is 1.58 bits per heavy atom. The van der Waals surface area contributed by atoms with Gasteiger partial charge in [0.1, 0.15) is 0 Å². The second-order valence-corrected chi connectivity index (χ2v) is 4.38. The molecule has 0 aliphatic carbocycles. The van der Waals surface area contributed by atoms with Crippen molar-refractivity contribution < 1.29 is 14.1 Å². The number of carbonyl (C=O) groups is 1. The van der Waals surface area contributed by atoms with E-state index in [1.54, 1.807) is 20.5 Å². The Bertz CT molecular complexity index is 208. The van der Waals surface area contributed by atoms with Crippen molar-refractivity contribution in [1.82, 2.24) is 0 Å². The van der Waals surface area contributed by atoms with Crippen molar-refractivity contribution in [2.24, 2.45) is 0 Å². The minimum atomic E-state index is -1.52. The first kappa shape index (κ1) is 11.4. The molecule has 0 heterocycles. The molecule has 0 spiro atoms. The van der Waals surface area contributed by atoms with Gasteiger partial charge in [0.05, 0.1) is 14.4 Å². The van der Waals surface area contributed by atoms with Gasteiger partial charge in [-0.2, -0.15) is 0 Å². The molecule has 12 heavy (non-hydrogen) atoms. The molecule has 1 unspecified atom stereocenters. The van der Waals surface area contributed by atoms with Gasteiger partial charge in [-0.15, -0.1) is 0 Å². The third kappa shape index (κ3) is 6.17. The molecule has 0 aliphatic rings. The summed E-state index contributed by atoms with van der Waals surface area (Å²) < 4.78 is 15.5. The standard InChI is InChI=1S/C8H15O3P/c1-4-11-8(9)5-7(2)6-12(3)10/h5,12H,4,6H2,1-3H3/b7-5+. The number of hydrogen-bond donors (Lipinski definition) is 0. The van der Waals surface area contributed by atoms with Crippen molar-refractivity contribution in [3.8, 4) is 0 Å². The van der Waals surface area contributed by atoms with Crippen LogP contribution in [0, 0.1) is 0 Å². The summed E-state index contributed by atoms with van der Waals surface area (Å²) in [6.45, 7) is 5.59. The van der Waals surface area contributed by atoms with Crippen molar-refractivity contribution in [2.75, 3.05) is 19.4 Å². The Balaban J connectivity index is 3.97. The highest BCUT2D eigenvalue weighted by Crippen LogP contribution is 2.17. The Labute approximate surface area is 73.6 Å². The van der Waals surface area contributed by atoms with Gasteiger partial charge in [-0.1, -0.05) is 5.57 Å². The molecule has 0 saturated heterocycles. The van der Waals surface area contributed by atoms with Gasteiger partial charge >= 0.3 is 5.97 Å². The molecule has 0 amide bonds. The van der Waals surface area contributed by atoms with Crippen LogP contribution in [-0.4, -0.2) is 25.4 Å². The number of hydrogen-bond acceptors (Lipinski definition) is 3. The second kappa shape index (κ2) is 6.01. The van der Waals surface area contributed by atoms with Crippen molar-refractivity contribution in [3.63, 3.8) is 0 Å². The predicted molar refractivity (Wildman–Crippen MR) is 50.2 cm³/mol. The van der Waals surface area contributed by atoms with Crippen LogP contribution in [0.2, 0.25) is 0 Å². The maximum absolute atomic E-state index is 10.8. The largest absolute Gasteiger partial charge is 0.463 e. The molecule has 0 bridgehead atoms. The first-order valence-electron chi connectivity index (χ1n) is 3.89. The Morgan fingerprint density at radius 3 is 2.58 bits per heavy atom. The molecule has 0 aromatic carbocycles. The number of ether oxygens (including phenoxy) is 1. The molecular formula is C8H15O3P. The summed E-state index contributed by atoms with van der Waals surface area (Å²) in [6.07, 6.45) is 1.90. The van der Waals surface area contributed by atoms with Crippen LogP contribution in [0.4, 0.5) is 0 Å². The third-order valence-corrected chi connectivity index (χ3v) is 2.23. The van der Waals surface area contributed by atoms with Crippen LogP contribution in [0.1, 0.15) is 13.8 Å². The fourth-order valence-corrected chi connectivity index (χ4v) is 1.72. The fraction of sp³-hybridized carbons (Fsp3) is 0.625.